The van der Waals surface area contributed by atoms with Gasteiger partial charge in [-0.25, -0.2) is 13.8 Å². The molecule has 28 heavy (non-hydrogen) atoms. The minimum Gasteiger partial charge on any atom is -0.302 e. The first-order chi connectivity index (χ1) is 13.3. The molecule has 1 aromatic carbocycles. The van der Waals surface area contributed by atoms with Crippen LogP contribution in [-0.2, 0) is 7.05 Å². The predicted octanol–water partition coefficient (Wildman–Crippen LogP) is 3.61. The van der Waals surface area contributed by atoms with E-state index in [1.54, 1.807) is 17.8 Å². The summed E-state index contributed by atoms with van der Waals surface area (Å²) in [6.07, 6.45) is 0. The van der Waals surface area contributed by atoms with Crippen molar-refractivity contribution in [3.63, 3.8) is 0 Å². The summed E-state index contributed by atoms with van der Waals surface area (Å²) in [6.45, 7) is 8.67. The van der Waals surface area contributed by atoms with Crippen molar-refractivity contribution in [1.82, 2.24) is 19.7 Å². The van der Waals surface area contributed by atoms with Crippen LogP contribution >= 0.6 is 11.3 Å². The van der Waals surface area contributed by atoms with Crippen LogP contribution in [0.15, 0.2) is 18.2 Å². The van der Waals surface area contributed by atoms with Crippen LogP contribution in [0.4, 0.5) is 13.9 Å². The second-order valence-corrected chi connectivity index (χ2v) is 7.52. The van der Waals surface area contributed by atoms with Crippen LogP contribution in [0.2, 0.25) is 0 Å². The van der Waals surface area contributed by atoms with E-state index < -0.39 is 11.6 Å². The normalized spacial score (nSPS) is 11.5. The molecule has 0 spiro atoms. The number of carbonyl (C=O) groups is 1. The van der Waals surface area contributed by atoms with Crippen molar-refractivity contribution in [3.05, 3.63) is 41.2 Å². The van der Waals surface area contributed by atoms with Crippen LogP contribution in [0.3, 0.4) is 0 Å². The van der Waals surface area contributed by atoms with Gasteiger partial charge in [-0.1, -0.05) is 25.2 Å². The number of nitrogens with zero attached hydrogens (tertiary/aromatic N) is 5. The van der Waals surface area contributed by atoms with E-state index in [1.807, 2.05) is 20.8 Å². The van der Waals surface area contributed by atoms with Crippen LogP contribution in [0.25, 0.3) is 10.2 Å². The van der Waals surface area contributed by atoms with Gasteiger partial charge >= 0.3 is 0 Å². The zero-order valence-electron chi connectivity index (χ0n) is 16.4. The topological polar surface area (TPSA) is 54.3 Å². The third kappa shape index (κ3) is 4.05. The van der Waals surface area contributed by atoms with Crippen LogP contribution in [0.1, 0.15) is 30.0 Å². The third-order valence-electron chi connectivity index (χ3n) is 4.75. The molecule has 2 heterocycles. The van der Waals surface area contributed by atoms with Gasteiger partial charge in [0.25, 0.3) is 5.91 Å². The largest absolute Gasteiger partial charge is 0.302 e. The van der Waals surface area contributed by atoms with Crippen LogP contribution in [0, 0.1) is 18.6 Å². The predicted molar refractivity (Wildman–Crippen MR) is 107 cm³/mol. The van der Waals surface area contributed by atoms with E-state index in [1.165, 1.54) is 11.0 Å². The molecule has 0 unspecified atom stereocenters. The second-order valence-electron chi connectivity index (χ2n) is 6.51. The van der Waals surface area contributed by atoms with Gasteiger partial charge in [-0.3, -0.25) is 14.4 Å². The highest BCUT2D eigenvalue weighted by Gasteiger charge is 2.25. The first-order valence-electron chi connectivity index (χ1n) is 9.14. The maximum atomic E-state index is 14.1. The summed E-state index contributed by atoms with van der Waals surface area (Å²) in [4.78, 5) is 21.1. The fraction of sp³-hybridized carbons (Fsp3) is 0.421. The molecule has 0 aliphatic rings. The molecule has 0 aliphatic carbocycles. The molecule has 0 fully saturated rings. The highest BCUT2D eigenvalue weighted by molar-refractivity contribution is 7.22. The van der Waals surface area contributed by atoms with Gasteiger partial charge in [-0.05, 0) is 32.1 Å². The Bertz CT molecular complexity index is 976. The van der Waals surface area contributed by atoms with Crippen molar-refractivity contribution in [1.29, 1.82) is 0 Å². The van der Waals surface area contributed by atoms with E-state index in [0.29, 0.717) is 28.6 Å². The van der Waals surface area contributed by atoms with Crippen molar-refractivity contribution >= 4 is 32.6 Å². The Labute approximate surface area is 166 Å². The Morgan fingerprint density at radius 1 is 1.18 bits per heavy atom. The van der Waals surface area contributed by atoms with Crippen molar-refractivity contribution < 1.29 is 13.6 Å². The van der Waals surface area contributed by atoms with Gasteiger partial charge in [0.05, 0.1) is 4.70 Å². The van der Waals surface area contributed by atoms with Crippen molar-refractivity contribution in [3.8, 4) is 0 Å². The van der Waals surface area contributed by atoms with Gasteiger partial charge in [0.15, 0.2) is 16.6 Å². The van der Waals surface area contributed by atoms with Crippen molar-refractivity contribution in [2.24, 2.45) is 7.05 Å². The molecule has 9 heteroatoms. The molecular formula is C19H23F2N5OS. The number of anilines is 1. The van der Waals surface area contributed by atoms with Gasteiger partial charge in [0.2, 0.25) is 0 Å². The van der Waals surface area contributed by atoms with E-state index in [-0.39, 0.29) is 11.4 Å². The summed E-state index contributed by atoms with van der Waals surface area (Å²) in [7, 11) is 1.77. The molecule has 2 aromatic heterocycles. The molecule has 3 rings (SSSR count). The molecule has 0 radical (unpaired) electrons. The highest BCUT2D eigenvalue weighted by atomic mass is 32.1. The monoisotopic (exact) mass is 407 g/mol. The summed E-state index contributed by atoms with van der Waals surface area (Å²) in [5.41, 5.74) is 1.22. The number of fused-ring (bicyclic) bond motifs is 1. The fourth-order valence-electron chi connectivity index (χ4n) is 2.93. The molecule has 0 saturated heterocycles. The molecule has 1 amide bonds. The Balaban J connectivity index is 2.00. The standard InChI is InChI=1S/C19H23F2N5OS/c1-5-25(6-2)7-8-26(18(27)15-9-12(3)24(4)23-15)19-22-17-14(21)10-13(20)11-16(17)28-19/h9-11H,5-8H2,1-4H3. The molecule has 0 saturated carbocycles. The lowest BCUT2D eigenvalue weighted by atomic mass is 10.3. The molecule has 3 aromatic rings. The number of hydrogen-bond acceptors (Lipinski definition) is 5. The quantitative estimate of drug-likeness (QED) is 0.601. The lowest BCUT2D eigenvalue weighted by Crippen LogP contribution is -2.39. The van der Waals surface area contributed by atoms with Crippen LogP contribution in [0.5, 0.6) is 0 Å². The molecule has 150 valence electrons. The fourth-order valence-corrected chi connectivity index (χ4v) is 3.96. The van der Waals surface area contributed by atoms with Gasteiger partial charge in [-0.15, -0.1) is 0 Å². The first-order valence-corrected chi connectivity index (χ1v) is 9.96. The van der Waals surface area contributed by atoms with Crippen molar-refractivity contribution in [2.75, 3.05) is 31.1 Å². The number of aromatic nitrogens is 3. The summed E-state index contributed by atoms with van der Waals surface area (Å²) in [5.74, 6) is -1.71. The first kappa shape index (κ1) is 20.3. The Hall–Kier alpha value is -2.39. The zero-order chi connectivity index (χ0) is 20.4. The minimum absolute atomic E-state index is 0.0687. The number of amides is 1. The smallest absolute Gasteiger partial charge is 0.280 e. The Kier molecular flexibility index (Phi) is 6.04. The number of rotatable bonds is 7. The van der Waals surface area contributed by atoms with E-state index in [2.05, 4.69) is 15.0 Å². The molecule has 6 nitrogen and oxygen atoms in total. The van der Waals surface area contributed by atoms with E-state index in [0.717, 1.165) is 36.2 Å². The van der Waals surface area contributed by atoms with E-state index >= 15 is 0 Å². The number of benzene rings is 1. The number of thiazole rings is 1. The summed E-state index contributed by atoms with van der Waals surface area (Å²) in [6, 6.07) is 3.74. The Morgan fingerprint density at radius 3 is 2.50 bits per heavy atom. The van der Waals surface area contributed by atoms with Crippen molar-refractivity contribution in [2.45, 2.75) is 20.8 Å². The van der Waals surface area contributed by atoms with Gasteiger partial charge in [-0.2, -0.15) is 5.10 Å². The van der Waals surface area contributed by atoms with E-state index in [4.69, 9.17) is 0 Å². The average molecular weight is 407 g/mol. The molecule has 0 aliphatic heterocycles. The molecule has 0 N–H and O–H groups in total. The number of aryl methyl sites for hydroxylation is 2. The van der Waals surface area contributed by atoms with Gasteiger partial charge in [0, 0.05) is 31.9 Å². The molecular weight excluding hydrogens is 384 g/mol. The lowest BCUT2D eigenvalue weighted by molar-refractivity contribution is 0.0978. The third-order valence-corrected chi connectivity index (χ3v) is 5.77. The lowest BCUT2D eigenvalue weighted by Gasteiger charge is -2.24. The summed E-state index contributed by atoms with van der Waals surface area (Å²) < 4.78 is 29.7. The zero-order valence-corrected chi connectivity index (χ0v) is 17.2. The number of hydrogen-bond donors (Lipinski definition) is 0. The summed E-state index contributed by atoms with van der Waals surface area (Å²) >= 11 is 1.10. The Morgan fingerprint density at radius 2 is 1.89 bits per heavy atom. The average Bonchev–Trinajstić information content (AvgIpc) is 3.22. The van der Waals surface area contributed by atoms with Gasteiger partial charge in [0.1, 0.15) is 11.3 Å². The summed E-state index contributed by atoms with van der Waals surface area (Å²) in [5, 5.41) is 4.60. The molecule has 0 atom stereocenters. The van der Waals surface area contributed by atoms with Crippen LogP contribution < -0.4 is 4.90 Å². The van der Waals surface area contributed by atoms with Crippen LogP contribution in [-0.4, -0.2) is 51.8 Å². The second kappa shape index (κ2) is 8.32. The minimum atomic E-state index is -0.734. The highest BCUT2D eigenvalue weighted by Crippen LogP contribution is 2.31. The maximum absolute atomic E-state index is 14.1. The molecule has 0 bridgehead atoms. The SMILES string of the molecule is CCN(CC)CCN(C(=O)c1cc(C)n(C)n1)c1nc2c(F)cc(F)cc2s1. The maximum Gasteiger partial charge on any atom is 0.280 e. The number of halogens is 2. The number of likely N-dealkylation sites (N-methyl/N-ethyl adjacent to an activating group) is 1. The number of carbonyl (C=O) groups excluding carboxylic acids is 1. The van der Waals surface area contributed by atoms with E-state index in [9.17, 15) is 13.6 Å². The van der Waals surface area contributed by atoms with Gasteiger partial charge < -0.3 is 4.90 Å².